The third kappa shape index (κ3) is 3.18. The van der Waals surface area contributed by atoms with Crippen molar-refractivity contribution >= 4 is 29.0 Å². The van der Waals surface area contributed by atoms with Crippen LogP contribution in [0.2, 0.25) is 10.0 Å². The molecule has 0 N–H and O–H groups in total. The van der Waals surface area contributed by atoms with Gasteiger partial charge < -0.3 is 4.74 Å². The molecule has 0 heterocycles. The Hall–Kier alpha value is -2.02. The number of carbonyl (C=O) groups excluding carboxylic acids is 1. The van der Waals surface area contributed by atoms with Crippen LogP contribution >= 0.6 is 23.2 Å². The topological polar surface area (TPSA) is 50.1 Å². The Bertz CT molecular complexity index is 722. The molecule has 0 bridgehead atoms. The van der Waals surface area contributed by atoms with Crippen molar-refractivity contribution in [2.75, 3.05) is 7.11 Å². The van der Waals surface area contributed by atoms with Gasteiger partial charge in [-0.1, -0.05) is 41.4 Å². The summed E-state index contributed by atoms with van der Waals surface area (Å²) in [5.74, 6) is -1.03. The predicted molar refractivity (Wildman–Crippen MR) is 82.1 cm³/mol. The van der Waals surface area contributed by atoms with Crippen LogP contribution in [-0.4, -0.2) is 12.9 Å². The Morgan fingerprint density at radius 2 is 1.95 bits per heavy atom. The van der Waals surface area contributed by atoms with Crippen LogP contribution < -0.4 is 4.74 Å². The Labute approximate surface area is 132 Å². The lowest BCUT2D eigenvalue weighted by molar-refractivity contribution is 0.0976. The molecule has 0 saturated heterocycles. The quantitative estimate of drug-likeness (QED) is 0.780. The Kier molecular flexibility index (Phi) is 4.85. The number of benzene rings is 2. The minimum atomic E-state index is -1.01. The number of halogens is 2. The van der Waals surface area contributed by atoms with Gasteiger partial charge in [0.25, 0.3) is 0 Å². The van der Waals surface area contributed by atoms with E-state index in [1.54, 1.807) is 36.4 Å². The van der Waals surface area contributed by atoms with Crippen LogP contribution in [0.25, 0.3) is 0 Å². The van der Waals surface area contributed by atoms with Gasteiger partial charge in [-0.3, -0.25) is 4.79 Å². The fourth-order valence-corrected chi connectivity index (χ4v) is 2.42. The predicted octanol–water partition coefficient (Wildman–Crippen LogP) is 4.49. The average molecular weight is 320 g/mol. The summed E-state index contributed by atoms with van der Waals surface area (Å²) >= 11 is 12.0. The number of nitriles is 1. The molecular formula is C16H11Cl2NO2. The first-order valence-corrected chi connectivity index (χ1v) is 6.86. The molecule has 1 unspecified atom stereocenters. The van der Waals surface area contributed by atoms with Crippen LogP contribution in [-0.2, 0) is 0 Å². The molecule has 2 aromatic carbocycles. The Balaban J connectivity index is 2.50. The van der Waals surface area contributed by atoms with Gasteiger partial charge in [0.05, 0.1) is 18.7 Å². The second-order valence-corrected chi connectivity index (χ2v) is 5.14. The molecule has 0 saturated carbocycles. The van der Waals surface area contributed by atoms with Gasteiger partial charge in [0.1, 0.15) is 11.7 Å². The molecule has 0 fully saturated rings. The number of carbonyl (C=O) groups is 1. The van der Waals surface area contributed by atoms with E-state index in [1.807, 2.05) is 6.07 Å². The minimum absolute atomic E-state index is 0.261. The number of ketones is 1. The van der Waals surface area contributed by atoms with Gasteiger partial charge in [-0.2, -0.15) is 5.26 Å². The van der Waals surface area contributed by atoms with Gasteiger partial charge in [0.2, 0.25) is 0 Å². The first-order chi connectivity index (χ1) is 10.1. The van der Waals surface area contributed by atoms with Crippen molar-refractivity contribution in [1.82, 2.24) is 0 Å². The highest BCUT2D eigenvalue weighted by Crippen LogP contribution is 2.31. The number of hydrogen-bond acceptors (Lipinski definition) is 3. The first-order valence-electron chi connectivity index (χ1n) is 6.10. The van der Waals surface area contributed by atoms with Crippen molar-refractivity contribution in [2.45, 2.75) is 5.92 Å². The third-order valence-electron chi connectivity index (χ3n) is 3.03. The smallest absolute Gasteiger partial charge is 0.188 e. The highest BCUT2D eigenvalue weighted by molar-refractivity contribution is 6.32. The lowest BCUT2D eigenvalue weighted by Gasteiger charge is -2.13. The zero-order valence-corrected chi connectivity index (χ0v) is 12.7. The maximum Gasteiger partial charge on any atom is 0.188 e. The van der Waals surface area contributed by atoms with E-state index in [1.165, 1.54) is 13.2 Å². The van der Waals surface area contributed by atoms with Crippen LogP contribution in [0, 0.1) is 11.3 Å². The zero-order valence-electron chi connectivity index (χ0n) is 11.1. The maximum absolute atomic E-state index is 12.6. The monoisotopic (exact) mass is 319 g/mol. The number of Topliss-reactive ketones (excluding diaryl/α,β-unsaturated/α-hetero) is 1. The molecule has 0 aromatic heterocycles. The number of rotatable bonds is 4. The SMILES string of the molecule is COc1ccc(Cl)cc1C(=O)C(C#N)c1ccccc1Cl. The molecule has 2 aromatic rings. The van der Waals surface area contributed by atoms with Crippen LogP contribution in [0.1, 0.15) is 21.8 Å². The van der Waals surface area contributed by atoms with Gasteiger partial charge in [0.15, 0.2) is 5.78 Å². The summed E-state index contributed by atoms with van der Waals surface area (Å²) in [5, 5.41) is 10.1. The number of nitrogens with zero attached hydrogens (tertiary/aromatic N) is 1. The van der Waals surface area contributed by atoms with E-state index in [9.17, 15) is 10.1 Å². The molecule has 0 radical (unpaired) electrons. The Morgan fingerprint density at radius 1 is 1.24 bits per heavy atom. The average Bonchev–Trinajstić information content (AvgIpc) is 2.49. The highest BCUT2D eigenvalue weighted by Gasteiger charge is 2.26. The van der Waals surface area contributed by atoms with E-state index >= 15 is 0 Å². The van der Waals surface area contributed by atoms with Gasteiger partial charge >= 0.3 is 0 Å². The molecule has 0 aliphatic carbocycles. The van der Waals surface area contributed by atoms with Crippen molar-refractivity contribution in [3.05, 3.63) is 63.6 Å². The molecule has 1 atom stereocenters. The van der Waals surface area contributed by atoms with Crippen molar-refractivity contribution in [3.8, 4) is 11.8 Å². The lowest BCUT2D eigenvalue weighted by Crippen LogP contribution is -2.13. The van der Waals surface area contributed by atoms with Crippen LogP contribution in [0.15, 0.2) is 42.5 Å². The van der Waals surface area contributed by atoms with Crippen LogP contribution in [0.5, 0.6) is 5.75 Å². The summed E-state index contributed by atoms with van der Waals surface area (Å²) in [6.07, 6.45) is 0. The largest absolute Gasteiger partial charge is 0.496 e. The fraction of sp³-hybridized carbons (Fsp3) is 0.125. The molecule has 5 heteroatoms. The molecule has 0 aliphatic heterocycles. The molecular weight excluding hydrogens is 309 g/mol. The standard InChI is InChI=1S/C16H11Cl2NO2/c1-21-15-7-6-10(17)8-12(15)16(20)13(9-19)11-4-2-3-5-14(11)18/h2-8,13H,1H3. The van der Waals surface area contributed by atoms with E-state index in [4.69, 9.17) is 27.9 Å². The molecule has 106 valence electrons. The van der Waals surface area contributed by atoms with Crippen molar-refractivity contribution in [2.24, 2.45) is 0 Å². The lowest BCUT2D eigenvalue weighted by atomic mass is 9.91. The Morgan fingerprint density at radius 3 is 2.57 bits per heavy atom. The first kappa shape index (κ1) is 15.4. The fourth-order valence-electron chi connectivity index (χ4n) is 2.01. The van der Waals surface area contributed by atoms with Crippen molar-refractivity contribution < 1.29 is 9.53 Å². The van der Waals surface area contributed by atoms with Crippen molar-refractivity contribution in [3.63, 3.8) is 0 Å². The van der Waals surface area contributed by atoms with E-state index in [2.05, 4.69) is 0 Å². The minimum Gasteiger partial charge on any atom is -0.496 e. The second-order valence-electron chi connectivity index (χ2n) is 4.29. The molecule has 0 aliphatic rings. The summed E-state index contributed by atoms with van der Waals surface area (Å²) in [6, 6.07) is 13.5. The molecule has 21 heavy (non-hydrogen) atoms. The van der Waals surface area contributed by atoms with E-state index in [-0.39, 0.29) is 5.56 Å². The summed E-state index contributed by atoms with van der Waals surface area (Å²) in [6.45, 7) is 0. The summed E-state index contributed by atoms with van der Waals surface area (Å²) in [4.78, 5) is 12.6. The summed E-state index contributed by atoms with van der Waals surface area (Å²) in [5.41, 5.74) is 0.727. The van der Waals surface area contributed by atoms with E-state index < -0.39 is 11.7 Å². The molecule has 2 rings (SSSR count). The number of hydrogen-bond donors (Lipinski definition) is 0. The number of ether oxygens (including phenoxy) is 1. The van der Waals surface area contributed by atoms with Gasteiger partial charge in [0, 0.05) is 10.0 Å². The summed E-state index contributed by atoms with van der Waals surface area (Å²) in [7, 11) is 1.46. The van der Waals surface area contributed by atoms with E-state index in [0.29, 0.717) is 21.4 Å². The highest BCUT2D eigenvalue weighted by atomic mass is 35.5. The van der Waals surface area contributed by atoms with Crippen LogP contribution in [0.4, 0.5) is 0 Å². The third-order valence-corrected chi connectivity index (χ3v) is 3.61. The second kappa shape index (κ2) is 6.62. The van der Waals surface area contributed by atoms with Gasteiger partial charge in [-0.05, 0) is 29.8 Å². The maximum atomic E-state index is 12.6. The molecule has 0 spiro atoms. The van der Waals surface area contributed by atoms with Gasteiger partial charge in [-0.25, -0.2) is 0 Å². The zero-order chi connectivity index (χ0) is 15.4. The molecule has 0 amide bonds. The summed E-state index contributed by atoms with van der Waals surface area (Å²) < 4.78 is 5.16. The number of methoxy groups -OCH3 is 1. The molecule has 3 nitrogen and oxygen atoms in total. The van der Waals surface area contributed by atoms with Crippen LogP contribution in [0.3, 0.4) is 0 Å². The van der Waals surface area contributed by atoms with Gasteiger partial charge in [-0.15, -0.1) is 0 Å². The normalized spacial score (nSPS) is 11.5. The van der Waals surface area contributed by atoms with Crippen molar-refractivity contribution in [1.29, 1.82) is 5.26 Å². The van der Waals surface area contributed by atoms with E-state index in [0.717, 1.165) is 0 Å².